The molecule has 0 rings (SSSR count). The van der Waals surface area contributed by atoms with Crippen LogP contribution in [0.25, 0.3) is 0 Å². The first-order valence-electron chi connectivity index (χ1n) is 0. The minimum Gasteiger partial charge on any atom is -0.344 e. The molecule has 0 aromatic carbocycles. The van der Waals surface area contributed by atoms with Gasteiger partial charge in [-0.05, 0) is 0 Å². The van der Waals surface area contributed by atoms with Gasteiger partial charge in [-0.25, -0.2) is 0 Å². The summed E-state index contributed by atoms with van der Waals surface area (Å²) in [7, 11) is 0. The van der Waals surface area contributed by atoms with E-state index in [1.54, 1.807) is 0 Å². The summed E-state index contributed by atoms with van der Waals surface area (Å²) in [4.78, 5) is 0. The molecule has 0 aliphatic carbocycles. The van der Waals surface area contributed by atoms with E-state index >= 15 is 0 Å². The van der Waals surface area contributed by atoms with E-state index in [4.69, 9.17) is 0 Å². The third-order valence-corrected chi connectivity index (χ3v) is 0. The maximum atomic E-state index is 0. The molecule has 0 spiro atoms. The maximum Gasteiger partial charge on any atom is 0 e. The third-order valence-electron chi connectivity index (χ3n) is 0. The number of rotatable bonds is 0. The number of hydrogen-bond donors (Lipinski definition) is 1. The largest absolute Gasteiger partial charge is 0.344 e. The van der Waals surface area contributed by atoms with Crippen LogP contribution in [0.1, 0.15) is 0 Å². The van der Waals surface area contributed by atoms with E-state index in [2.05, 4.69) is 0 Å². The Labute approximate surface area is 57.3 Å². The van der Waals surface area contributed by atoms with Crippen molar-refractivity contribution in [2.24, 2.45) is 0 Å². The second kappa shape index (κ2) is 24.3. The monoisotopic (exact) mass is 185 g/mol. The average molecular weight is 185 g/mol. The second-order valence-corrected chi connectivity index (χ2v) is 0. The summed E-state index contributed by atoms with van der Waals surface area (Å²) in [6.07, 6.45) is 0. The number of hydrogen-bond acceptors (Lipinski definition) is 1. The van der Waals surface area contributed by atoms with E-state index in [1.165, 1.54) is 0 Å². The Bertz CT molecular complexity index is 3.25. The van der Waals surface area contributed by atoms with Gasteiger partial charge in [0.15, 0.2) is 0 Å². The Morgan fingerprint density at radius 3 is 0.500 bits per heavy atom. The van der Waals surface area contributed by atoms with E-state index in [-0.39, 0.29) is 57.4 Å². The molecule has 0 atom stereocenters. The molecule has 0 aromatic rings. The molecule has 0 fully saturated rings. The van der Waals surface area contributed by atoms with Crippen molar-refractivity contribution in [1.29, 1.82) is 0 Å². The van der Waals surface area contributed by atoms with Crippen LogP contribution in [-0.2, 0) is 51.2 Å². The van der Waals surface area contributed by atoms with Crippen LogP contribution in [0.15, 0.2) is 0 Å². The van der Waals surface area contributed by atoms with Crippen LogP contribution in [0.4, 0.5) is 0 Å². The van der Waals surface area contributed by atoms with E-state index in [1.807, 2.05) is 0 Å². The van der Waals surface area contributed by atoms with Gasteiger partial charge in [0.05, 0.1) is 0 Å². The summed E-state index contributed by atoms with van der Waals surface area (Å²) >= 11 is 0. The molecule has 0 aromatic heterocycles. The zero-order valence-electron chi connectivity index (χ0n) is 1.77. The van der Waals surface area contributed by atoms with Crippen LogP contribution in [-0.4, -0.2) is 0 Å². The van der Waals surface area contributed by atoms with Crippen LogP contribution in [0.2, 0.25) is 0 Å². The van der Waals surface area contributed by atoms with Gasteiger partial charge < -0.3 is 6.15 Å². The van der Waals surface area contributed by atoms with Crippen LogP contribution in [0, 0.1) is 0 Å². The molecular formula is H3Fe3N. The fraction of sp³-hybridized carbons (Fsp3) is 0. The van der Waals surface area contributed by atoms with Gasteiger partial charge in [-0.3, -0.25) is 0 Å². The Morgan fingerprint density at radius 2 is 0.500 bits per heavy atom. The van der Waals surface area contributed by atoms with Crippen molar-refractivity contribution < 1.29 is 51.2 Å². The van der Waals surface area contributed by atoms with Crippen molar-refractivity contribution in [3.05, 3.63) is 0 Å². The SMILES string of the molecule is N.[Fe].[Fe].[Fe]. The first-order chi connectivity index (χ1) is 0. The molecule has 0 aliphatic rings. The Morgan fingerprint density at radius 1 is 0.500 bits per heavy atom. The predicted molar refractivity (Wildman–Crippen MR) is 5.02 cm³/mol. The fourth-order valence-electron chi connectivity index (χ4n) is 0. The van der Waals surface area contributed by atoms with E-state index < -0.39 is 0 Å². The molecule has 1 nitrogen and oxygen atoms in total. The van der Waals surface area contributed by atoms with Crippen molar-refractivity contribution >= 4 is 0 Å². The van der Waals surface area contributed by atoms with Crippen LogP contribution in [0.3, 0.4) is 0 Å². The fourth-order valence-corrected chi connectivity index (χ4v) is 0. The van der Waals surface area contributed by atoms with Gasteiger partial charge in [0.25, 0.3) is 0 Å². The quantitative estimate of drug-likeness (QED) is 0.535. The molecule has 0 unspecified atom stereocenters. The van der Waals surface area contributed by atoms with Gasteiger partial charge in [-0.2, -0.15) is 0 Å². The minimum absolute atomic E-state index is 0. The van der Waals surface area contributed by atoms with Gasteiger partial charge in [0.2, 0.25) is 0 Å². The average Bonchev–Trinajstić information content (AvgIpc) is 0. The summed E-state index contributed by atoms with van der Waals surface area (Å²) in [5.41, 5.74) is 0. The molecule has 0 saturated heterocycles. The van der Waals surface area contributed by atoms with Gasteiger partial charge in [-0.1, -0.05) is 0 Å². The van der Waals surface area contributed by atoms with Gasteiger partial charge in [0, 0.05) is 51.2 Å². The molecule has 0 aliphatic heterocycles. The first kappa shape index (κ1) is 48.9. The van der Waals surface area contributed by atoms with E-state index in [0.717, 1.165) is 0 Å². The standard InChI is InChI=1S/3Fe.H3N/h;;;1H3. The summed E-state index contributed by atoms with van der Waals surface area (Å²) < 4.78 is 0. The van der Waals surface area contributed by atoms with Crippen molar-refractivity contribution in [2.45, 2.75) is 0 Å². The zero-order chi connectivity index (χ0) is 0. The second-order valence-electron chi connectivity index (χ2n) is 0. The molecule has 0 bridgehead atoms. The predicted octanol–water partition coefficient (Wildman–Crippen LogP) is 0.154. The molecular weight excluding hydrogens is 182 g/mol. The summed E-state index contributed by atoms with van der Waals surface area (Å²) in [6, 6.07) is 0. The molecule has 0 heterocycles. The van der Waals surface area contributed by atoms with Crippen LogP contribution < -0.4 is 6.15 Å². The summed E-state index contributed by atoms with van der Waals surface area (Å²) in [5.74, 6) is 0. The normalized spacial score (nSPS) is 0. The topological polar surface area (TPSA) is 35.0 Å². The molecule has 3 N–H and O–H groups in total. The van der Waals surface area contributed by atoms with Crippen molar-refractivity contribution in [3.63, 3.8) is 0 Å². The van der Waals surface area contributed by atoms with E-state index in [9.17, 15) is 0 Å². The first-order valence-corrected chi connectivity index (χ1v) is 0. The Kier molecular flexibility index (Phi) is 296. The van der Waals surface area contributed by atoms with Crippen molar-refractivity contribution in [3.8, 4) is 0 Å². The molecule has 0 radical (unpaired) electrons. The zero-order valence-corrected chi connectivity index (χ0v) is 5.08. The summed E-state index contributed by atoms with van der Waals surface area (Å²) in [6.45, 7) is 0. The van der Waals surface area contributed by atoms with Gasteiger partial charge in [0.1, 0.15) is 0 Å². The van der Waals surface area contributed by atoms with Crippen molar-refractivity contribution in [2.75, 3.05) is 0 Å². The molecule has 32 valence electrons. The smallest absolute Gasteiger partial charge is 0 e. The van der Waals surface area contributed by atoms with Gasteiger partial charge in [-0.15, -0.1) is 0 Å². The molecule has 0 amide bonds. The summed E-state index contributed by atoms with van der Waals surface area (Å²) in [5, 5.41) is 0. The van der Waals surface area contributed by atoms with Crippen LogP contribution >= 0.6 is 0 Å². The molecule has 0 saturated carbocycles. The molecule has 4 heavy (non-hydrogen) atoms. The van der Waals surface area contributed by atoms with Gasteiger partial charge >= 0.3 is 0 Å². The van der Waals surface area contributed by atoms with Crippen molar-refractivity contribution in [1.82, 2.24) is 6.15 Å². The minimum atomic E-state index is 0. The maximum absolute atomic E-state index is 0. The third kappa shape index (κ3) is 9.68. The van der Waals surface area contributed by atoms with Crippen LogP contribution in [0.5, 0.6) is 0 Å². The van der Waals surface area contributed by atoms with E-state index in [0.29, 0.717) is 0 Å². The Hall–Kier alpha value is 1.52. The molecule has 4 heteroatoms. The Balaban J connectivity index is 0.